The molecule has 11 nitrogen and oxygen atoms in total. The molecule has 0 aromatic heterocycles. The molecule has 0 aliphatic carbocycles. The van der Waals surface area contributed by atoms with Gasteiger partial charge in [0.1, 0.15) is 23.5 Å². The fraction of sp³-hybridized carbons (Fsp3) is 0.474. The lowest BCUT2D eigenvalue weighted by molar-refractivity contribution is -0.161. The molecule has 2 aromatic rings. The lowest BCUT2D eigenvalue weighted by Crippen LogP contribution is -2.60. The molecule has 3 fully saturated rings. The molecule has 1 spiro atoms. The normalized spacial score (nSPS) is 26.2. The van der Waals surface area contributed by atoms with Crippen molar-refractivity contribution in [2.45, 2.75) is 67.8 Å². The summed E-state index contributed by atoms with van der Waals surface area (Å²) in [5.41, 5.74) is -0.148. The average molecular weight is 753 g/mol. The van der Waals surface area contributed by atoms with Gasteiger partial charge in [-0.2, -0.15) is 0 Å². The van der Waals surface area contributed by atoms with E-state index < -0.39 is 66.1 Å². The molecule has 0 radical (unpaired) electrons. The maximum absolute atomic E-state index is 14.9. The third-order valence-electron chi connectivity index (χ3n) is 10.00. The summed E-state index contributed by atoms with van der Waals surface area (Å²) in [4.78, 5) is 59.1. The molecule has 1 unspecified atom stereocenters. The van der Waals surface area contributed by atoms with Crippen LogP contribution >= 0.6 is 15.9 Å². The van der Waals surface area contributed by atoms with E-state index in [-0.39, 0.29) is 42.6 Å². The molecular formula is C38H46BrN3O8. The number of nitrogens with one attached hydrogen (secondary N) is 1. The largest absolute Gasteiger partial charge is 0.497 e. The van der Waals surface area contributed by atoms with Crippen molar-refractivity contribution >= 4 is 45.3 Å². The Hall–Kier alpha value is -4.00. The van der Waals surface area contributed by atoms with Crippen LogP contribution in [0.3, 0.4) is 0 Å². The number of anilines is 1. The van der Waals surface area contributed by atoms with Gasteiger partial charge in [-0.25, -0.2) is 0 Å². The summed E-state index contributed by atoms with van der Waals surface area (Å²) in [6.07, 6.45) is 2.69. The lowest BCUT2D eigenvalue weighted by Gasteiger charge is -2.40. The third-order valence-corrected chi connectivity index (χ3v) is 10.8. The summed E-state index contributed by atoms with van der Waals surface area (Å²) in [5.74, 6) is -3.44. The van der Waals surface area contributed by atoms with Crippen LogP contribution in [0.15, 0.2) is 79.9 Å². The SMILES string of the molecule is C=CCCC(=O)NC[C@@H](OC(=O)[C@@H]1[C@H]2O[C@@]3(CC2Br)[C@H](C(=O)N(CC=C)c2ccc(OC)cc2)N([C@@H](CO)C(C)C)C(=O)[C@@H]13)c1ccccc1. The molecule has 2 bridgehead atoms. The number of fused-ring (bicyclic) bond motifs is 1. The molecule has 2 N–H and O–H groups in total. The number of methoxy groups -OCH3 is 1. The second-order valence-corrected chi connectivity index (χ2v) is 14.5. The molecule has 2 aromatic carbocycles. The maximum atomic E-state index is 14.9. The van der Waals surface area contributed by atoms with Crippen LogP contribution in [0.2, 0.25) is 0 Å². The van der Waals surface area contributed by atoms with Crippen LogP contribution in [0.25, 0.3) is 0 Å². The average Bonchev–Trinajstić information content (AvgIpc) is 3.71. The molecule has 268 valence electrons. The van der Waals surface area contributed by atoms with Crippen LogP contribution in [0, 0.1) is 17.8 Å². The second kappa shape index (κ2) is 15.9. The van der Waals surface area contributed by atoms with E-state index in [1.54, 1.807) is 55.7 Å². The number of amides is 3. The van der Waals surface area contributed by atoms with E-state index in [0.717, 1.165) is 0 Å². The number of halogens is 1. The molecule has 12 heteroatoms. The number of hydrogen-bond acceptors (Lipinski definition) is 8. The van der Waals surface area contributed by atoms with E-state index in [1.807, 2.05) is 32.0 Å². The number of carbonyl (C=O) groups is 4. The van der Waals surface area contributed by atoms with Crippen molar-refractivity contribution in [2.75, 3.05) is 31.7 Å². The van der Waals surface area contributed by atoms with E-state index in [0.29, 0.717) is 23.4 Å². The third kappa shape index (κ3) is 6.97. The van der Waals surface area contributed by atoms with E-state index in [9.17, 15) is 24.3 Å². The van der Waals surface area contributed by atoms with Gasteiger partial charge >= 0.3 is 5.97 Å². The number of ether oxygens (including phenoxy) is 3. The zero-order valence-electron chi connectivity index (χ0n) is 28.7. The standard InChI is InChI=1S/C38H46BrN3O8/c1-6-8-14-30(44)40-21-29(24-12-10-9-11-13-24)49-37(47)31-32-35(45)42(28(22-43)23(3)4)34(38(32)20-27(39)33(31)50-38)36(46)41(19-7-2)25-15-17-26(48-5)18-16-25/h6-7,9-13,15-18,23,27-29,31-34,43H,1-2,8,14,19-22H2,3-5H3,(H,40,44)/t27?,28-,29+,31-,32+,33-,34-,38+/m0/s1. The van der Waals surface area contributed by atoms with Gasteiger partial charge in [-0.05, 0) is 48.6 Å². The number of allylic oxidation sites excluding steroid dienone is 1. The smallest absolute Gasteiger partial charge is 0.313 e. The van der Waals surface area contributed by atoms with Crippen molar-refractivity contribution in [2.24, 2.45) is 17.8 Å². The summed E-state index contributed by atoms with van der Waals surface area (Å²) in [5, 5.41) is 13.5. The highest BCUT2D eigenvalue weighted by molar-refractivity contribution is 9.09. The van der Waals surface area contributed by atoms with E-state index in [4.69, 9.17) is 14.2 Å². The van der Waals surface area contributed by atoms with Gasteiger partial charge in [-0.15, -0.1) is 13.2 Å². The quantitative estimate of drug-likeness (QED) is 0.147. The first-order valence-corrected chi connectivity index (χ1v) is 17.9. The number of carbonyl (C=O) groups excluding carboxylic acids is 4. The first kappa shape index (κ1) is 37.3. The van der Waals surface area contributed by atoms with Gasteiger partial charge in [-0.3, -0.25) is 19.2 Å². The molecule has 3 saturated heterocycles. The van der Waals surface area contributed by atoms with Gasteiger partial charge in [0.2, 0.25) is 11.8 Å². The fourth-order valence-electron chi connectivity index (χ4n) is 7.60. The first-order valence-electron chi connectivity index (χ1n) is 17.0. The molecule has 3 amide bonds. The highest BCUT2D eigenvalue weighted by Crippen LogP contribution is 2.61. The van der Waals surface area contributed by atoms with Crippen LogP contribution in [-0.4, -0.2) is 89.1 Å². The Bertz CT molecular complexity index is 1570. The Morgan fingerprint density at radius 1 is 1.14 bits per heavy atom. The molecule has 0 saturated carbocycles. The summed E-state index contributed by atoms with van der Waals surface area (Å²) >= 11 is 3.72. The second-order valence-electron chi connectivity index (χ2n) is 13.3. The van der Waals surface area contributed by atoms with Crippen molar-refractivity contribution in [3.63, 3.8) is 0 Å². The maximum Gasteiger partial charge on any atom is 0.313 e. The van der Waals surface area contributed by atoms with E-state index in [1.165, 1.54) is 9.80 Å². The van der Waals surface area contributed by atoms with Crippen molar-refractivity contribution < 1.29 is 38.5 Å². The molecule has 3 aliphatic rings. The number of aliphatic hydroxyl groups is 1. The van der Waals surface area contributed by atoms with Gasteiger partial charge in [0.15, 0.2) is 0 Å². The number of esters is 1. The minimum atomic E-state index is -1.38. The summed E-state index contributed by atoms with van der Waals surface area (Å²) in [7, 11) is 1.55. The lowest BCUT2D eigenvalue weighted by atomic mass is 9.70. The van der Waals surface area contributed by atoms with Gasteiger partial charge in [0.05, 0.1) is 44.2 Å². The van der Waals surface area contributed by atoms with Crippen LogP contribution in [0.1, 0.15) is 44.8 Å². The van der Waals surface area contributed by atoms with Crippen LogP contribution in [0.5, 0.6) is 5.75 Å². The minimum Gasteiger partial charge on any atom is -0.497 e. The van der Waals surface area contributed by atoms with Gasteiger partial charge < -0.3 is 34.4 Å². The van der Waals surface area contributed by atoms with Crippen molar-refractivity contribution in [3.8, 4) is 5.75 Å². The zero-order valence-corrected chi connectivity index (χ0v) is 30.3. The van der Waals surface area contributed by atoms with E-state index >= 15 is 0 Å². The number of benzene rings is 2. The number of likely N-dealkylation sites (tertiary alicyclic amines) is 1. The van der Waals surface area contributed by atoms with Gasteiger partial charge in [0.25, 0.3) is 5.91 Å². The molecule has 5 rings (SSSR count). The van der Waals surface area contributed by atoms with Crippen LogP contribution in [0.4, 0.5) is 5.69 Å². The molecule has 8 atom stereocenters. The number of nitrogens with zero attached hydrogens (tertiary/aromatic N) is 2. The predicted octanol–water partition coefficient (Wildman–Crippen LogP) is 4.35. The highest BCUT2D eigenvalue weighted by Gasteiger charge is 2.77. The molecule has 50 heavy (non-hydrogen) atoms. The fourth-order valence-corrected chi connectivity index (χ4v) is 8.54. The monoisotopic (exact) mass is 751 g/mol. The van der Waals surface area contributed by atoms with E-state index in [2.05, 4.69) is 34.4 Å². The van der Waals surface area contributed by atoms with Gasteiger partial charge in [0, 0.05) is 23.5 Å². The Labute approximate surface area is 301 Å². The Kier molecular flexibility index (Phi) is 11.9. The molecule has 3 aliphatic heterocycles. The summed E-state index contributed by atoms with van der Waals surface area (Å²) < 4.78 is 18.2. The number of aliphatic hydroxyl groups excluding tert-OH is 1. The van der Waals surface area contributed by atoms with Crippen molar-refractivity contribution in [1.82, 2.24) is 10.2 Å². The predicted molar refractivity (Wildman–Crippen MR) is 192 cm³/mol. The number of rotatable bonds is 16. The minimum absolute atomic E-state index is 0.0248. The number of alkyl halides is 1. The van der Waals surface area contributed by atoms with Crippen molar-refractivity contribution in [1.29, 1.82) is 0 Å². The van der Waals surface area contributed by atoms with Gasteiger partial charge in [-0.1, -0.05) is 72.3 Å². The summed E-state index contributed by atoms with van der Waals surface area (Å²) in [6, 6.07) is 14.2. The Morgan fingerprint density at radius 2 is 1.84 bits per heavy atom. The molecule has 3 heterocycles. The van der Waals surface area contributed by atoms with Crippen LogP contribution < -0.4 is 15.0 Å². The van der Waals surface area contributed by atoms with Crippen molar-refractivity contribution in [3.05, 3.63) is 85.5 Å². The topological polar surface area (TPSA) is 135 Å². The Balaban J connectivity index is 1.52. The van der Waals surface area contributed by atoms with Crippen LogP contribution in [-0.2, 0) is 28.7 Å². The summed E-state index contributed by atoms with van der Waals surface area (Å²) in [6.45, 7) is 11.0. The molecular weight excluding hydrogens is 706 g/mol. The first-order chi connectivity index (χ1) is 24.0. The number of hydrogen-bond donors (Lipinski definition) is 2. The zero-order chi connectivity index (χ0) is 36.2. The highest BCUT2D eigenvalue weighted by atomic mass is 79.9. The Morgan fingerprint density at radius 3 is 2.44 bits per heavy atom.